The second-order valence-electron chi connectivity index (χ2n) is 11.0. The van der Waals surface area contributed by atoms with Crippen LogP contribution < -0.4 is 0 Å². The zero-order chi connectivity index (χ0) is 19.6. The van der Waals surface area contributed by atoms with E-state index in [0.717, 1.165) is 36.8 Å². The third kappa shape index (κ3) is 2.66. The summed E-state index contributed by atoms with van der Waals surface area (Å²) < 4.78 is 0. The van der Waals surface area contributed by atoms with Crippen molar-refractivity contribution >= 4 is 0 Å². The minimum absolute atomic E-state index is 0.00852. The smallest absolute Gasteiger partial charge is 0.162 e. The number of hydrogen-bond donors (Lipinski definition) is 2. The lowest BCUT2D eigenvalue weighted by Crippen LogP contribution is -2.58. The van der Waals surface area contributed by atoms with Crippen molar-refractivity contribution in [3.05, 3.63) is 22.7 Å². The van der Waals surface area contributed by atoms with Crippen LogP contribution in [0.15, 0.2) is 11.3 Å². The molecule has 3 nitrogen and oxygen atoms in total. The van der Waals surface area contributed by atoms with Crippen LogP contribution in [0.1, 0.15) is 79.1 Å². The number of nitrogens with zero attached hydrogens (tertiary/aromatic N) is 1. The highest BCUT2D eigenvalue weighted by Crippen LogP contribution is 2.68. The van der Waals surface area contributed by atoms with Gasteiger partial charge in [0.05, 0.1) is 12.2 Å². The number of allylic oxidation sites excluding steroid dienone is 2. The molecule has 0 spiro atoms. The Balaban J connectivity index is 1.65. The van der Waals surface area contributed by atoms with Crippen LogP contribution in [0.2, 0.25) is 0 Å². The molecule has 0 unspecified atom stereocenters. The van der Waals surface area contributed by atoms with Crippen molar-refractivity contribution in [2.24, 2.45) is 40.4 Å². The third-order valence-electron chi connectivity index (χ3n) is 9.90. The Labute approximate surface area is 165 Å². The van der Waals surface area contributed by atoms with Crippen molar-refractivity contribution in [3.63, 3.8) is 0 Å². The molecule has 0 aromatic rings. The minimum Gasteiger partial charge on any atom is -0.396 e. The molecule has 4 aliphatic carbocycles. The summed E-state index contributed by atoms with van der Waals surface area (Å²) in [6.07, 6.45) is 9.16. The monoisotopic (exact) mass is 371 g/mol. The molecule has 0 aromatic heterocycles. The van der Waals surface area contributed by atoms with Crippen molar-refractivity contribution < 1.29 is 10.2 Å². The van der Waals surface area contributed by atoms with Gasteiger partial charge in [0.2, 0.25) is 0 Å². The van der Waals surface area contributed by atoms with Gasteiger partial charge in [-0.3, -0.25) is 0 Å². The summed E-state index contributed by atoms with van der Waals surface area (Å²) in [4.78, 5) is 3.80. The van der Waals surface area contributed by atoms with Crippen LogP contribution in [0.3, 0.4) is 0 Å². The second-order valence-corrected chi connectivity index (χ2v) is 11.0. The molecule has 0 aliphatic heterocycles. The Bertz CT molecular complexity index is 689. The first kappa shape index (κ1) is 19.5. The third-order valence-corrected chi connectivity index (χ3v) is 9.90. The van der Waals surface area contributed by atoms with Gasteiger partial charge in [0.1, 0.15) is 0 Å². The quantitative estimate of drug-likeness (QED) is 0.623. The van der Waals surface area contributed by atoms with E-state index in [1.165, 1.54) is 37.7 Å². The summed E-state index contributed by atoms with van der Waals surface area (Å²) in [5.41, 5.74) is 2.17. The maximum Gasteiger partial charge on any atom is 0.162 e. The molecule has 0 bridgehead atoms. The van der Waals surface area contributed by atoms with Crippen molar-refractivity contribution in [2.75, 3.05) is 6.61 Å². The van der Waals surface area contributed by atoms with Crippen molar-refractivity contribution in [2.45, 2.75) is 84.7 Å². The van der Waals surface area contributed by atoms with Gasteiger partial charge in [-0.05, 0) is 99.7 Å². The van der Waals surface area contributed by atoms with E-state index in [0.29, 0.717) is 11.8 Å². The fraction of sp³-hybridized carbons (Fsp3) is 0.875. The topological polar surface area (TPSA) is 44.8 Å². The lowest BCUT2D eigenvalue weighted by Gasteiger charge is -2.63. The lowest BCUT2D eigenvalue weighted by atomic mass is 9.43. The standard InChI is InChI=1S/C24H37NO2/c1-15(25-5)19-8-9-20-18-7-6-16-13-24(4,27)17(14-26)12-23(16,3)21(18)10-11-22(19,20)2/h16-18,20-21,26-27H,6-14H2,1-4H3/b19-15-/t16-,17-,18+,20+,21+,22-,23+,24+/m1/s1. The molecular formula is C24H37NO2. The van der Waals surface area contributed by atoms with Crippen molar-refractivity contribution in [3.8, 4) is 0 Å². The molecule has 3 heteroatoms. The minimum atomic E-state index is -0.717. The van der Waals surface area contributed by atoms with E-state index in [1.54, 1.807) is 0 Å². The van der Waals surface area contributed by atoms with E-state index < -0.39 is 5.60 Å². The van der Waals surface area contributed by atoms with Crippen LogP contribution in [0, 0.1) is 47.0 Å². The molecule has 8 atom stereocenters. The molecule has 0 heterocycles. The van der Waals surface area contributed by atoms with Gasteiger partial charge in [-0.2, -0.15) is 0 Å². The molecule has 4 fully saturated rings. The van der Waals surface area contributed by atoms with Crippen molar-refractivity contribution in [1.82, 2.24) is 0 Å². The van der Waals surface area contributed by atoms with Gasteiger partial charge in [0.15, 0.2) is 5.70 Å². The number of aliphatic hydroxyl groups is 2. The van der Waals surface area contributed by atoms with E-state index >= 15 is 0 Å². The molecule has 150 valence electrons. The zero-order valence-corrected chi connectivity index (χ0v) is 17.6. The first-order valence-electron chi connectivity index (χ1n) is 11.1. The van der Waals surface area contributed by atoms with E-state index in [-0.39, 0.29) is 23.4 Å². The summed E-state index contributed by atoms with van der Waals surface area (Å²) in [5, 5.41) is 20.9. The van der Waals surface area contributed by atoms with Crippen LogP contribution in [0.5, 0.6) is 0 Å². The van der Waals surface area contributed by atoms with Gasteiger partial charge in [0, 0.05) is 12.5 Å². The molecule has 27 heavy (non-hydrogen) atoms. The molecule has 4 rings (SSSR count). The zero-order valence-electron chi connectivity index (χ0n) is 17.6. The summed E-state index contributed by atoms with van der Waals surface area (Å²) in [5.74, 6) is 2.78. The van der Waals surface area contributed by atoms with E-state index in [2.05, 4.69) is 18.7 Å². The average molecular weight is 372 g/mol. The normalized spacial score (nSPS) is 53.7. The van der Waals surface area contributed by atoms with Gasteiger partial charge < -0.3 is 10.2 Å². The highest BCUT2D eigenvalue weighted by Gasteiger charge is 2.61. The number of rotatable bonds is 1. The molecule has 2 N–H and O–H groups in total. The number of hydrogen-bond acceptors (Lipinski definition) is 2. The van der Waals surface area contributed by atoms with Crippen molar-refractivity contribution in [1.29, 1.82) is 0 Å². The molecule has 0 radical (unpaired) electrons. The van der Waals surface area contributed by atoms with Gasteiger partial charge in [0.25, 0.3) is 0 Å². The van der Waals surface area contributed by atoms with Crippen LogP contribution in [0.25, 0.3) is 4.85 Å². The van der Waals surface area contributed by atoms with E-state index in [9.17, 15) is 10.2 Å². The first-order valence-corrected chi connectivity index (χ1v) is 11.1. The Morgan fingerprint density at radius 1 is 1.11 bits per heavy atom. The number of fused-ring (bicyclic) bond motifs is 5. The maximum atomic E-state index is 10.9. The predicted octanol–water partition coefficient (Wildman–Crippen LogP) is 5.19. The van der Waals surface area contributed by atoms with Gasteiger partial charge in [-0.15, -0.1) is 0 Å². The largest absolute Gasteiger partial charge is 0.396 e. The predicted molar refractivity (Wildman–Crippen MR) is 108 cm³/mol. The highest BCUT2D eigenvalue weighted by molar-refractivity contribution is 5.31. The molecular weight excluding hydrogens is 334 g/mol. The fourth-order valence-electron chi connectivity index (χ4n) is 8.34. The summed E-state index contributed by atoms with van der Waals surface area (Å²) in [7, 11) is 0. The van der Waals surface area contributed by atoms with Gasteiger partial charge >= 0.3 is 0 Å². The lowest BCUT2D eigenvalue weighted by molar-refractivity contribution is -0.172. The second kappa shape index (κ2) is 6.33. The van der Waals surface area contributed by atoms with Gasteiger partial charge in [-0.25, -0.2) is 4.85 Å². The van der Waals surface area contributed by atoms with E-state index in [1.807, 2.05) is 13.8 Å². The SMILES string of the molecule is [C-]#[N+]/C(C)=C1/CC[C@H]2[C@@H]3CC[C@@H]4C[C@](C)(O)[C@@H](CO)C[C@]4(C)[C@H]3CC[C@]12C. The Morgan fingerprint density at radius 3 is 2.52 bits per heavy atom. The number of aliphatic hydroxyl groups excluding tert-OH is 1. The highest BCUT2D eigenvalue weighted by atomic mass is 16.3. The Kier molecular flexibility index (Phi) is 4.56. The van der Waals surface area contributed by atoms with Gasteiger partial charge in [-0.1, -0.05) is 19.4 Å². The molecule has 0 amide bonds. The summed E-state index contributed by atoms with van der Waals surface area (Å²) in [6, 6.07) is 0. The maximum absolute atomic E-state index is 10.9. The summed E-state index contributed by atoms with van der Waals surface area (Å²) >= 11 is 0. The average Bonchev–Trinajstić information content (AvgIpc) is 2.98. The van der Waals surface area contributed by atoms with Crippen LogP contribution in [-0.2, 0) is 0 Å². The fourth-order valence-corrected chi connectivity index (χ4v) is 8.34. The summed E-state index contributed by atoms with van der Waals surface area (Å²) in [6.45, 7) is 16.5. The van der Waals surface area contributed by atoms with Crippen LogP contribution >= 0.6 is 0 Å². The Hall–Kier alpha value is -0.850. The van der Waals surface area contributed by atoms with Crippen LogP contribution in [-0.4, -0.2) is 22.4 Å². The van der Waals surface area contributed by atoms with Crippen LogP contribution in [0.4, 0.5) is 0 Å². The first-order chi connectivity index (χ1) is 12.7. The molecule has 4 saturated carbocycles. The Morgan fingerprint density at radius 2 is 1.85 bits per heavy atom. The molecule has 0 aromatic carbocycles. The van der Waals surface area contributed by atoms with E-state index in [4.69, 9.17) is 6.57 Å². The molecule has 4 aliphatic rings. The molecule has 0 saturated heterocycles.